The Balaban J connectivity index is 2.74. The molecule has 6 heteroatoms. The minimum atomic E-state index is -1.19. The van der Waals surface area contributed by atoms with E-state index >= 15 is 0 Å². The number of halogens is 1. The fraction of sp³-hybridized carbons (Fsp3) is 0.250. The lowest BCUT2D eigenvalue weighted by Crippen LogP contribution is -2.32. The SMILES string of the molecule is CC1=C(C(=O)O)C(c2ccc(F)cc2)C(C(=O)O)=C(C)N1C. The molecular weight excluding hydrogens is 289 g/mol. The summed E-state index contributed by atoms with van der Waals surface area (Å²) in [4.78, 5) is 24.9. The van der Waals surface area contributed by atoms with Crippen molar-refractivity contribution < 1.29 is 24.2 Å². The Hall–Kier alpha value is -2.63. The monoisotopic (exact) mass is 305 g/mol. The van der Waals surface area contributed by atoms with E-state index in [0.29, 0.717) is 17.0 Å². The molecule has 0 aliphatic carbocycles. The van der Waals surface area contributed by atoms with Gasteiger partial charge < -0.3 is 15.1 Å². The van der Waals surface area contributed by atoms with Gasteiger partial charge in [0.05, 0.1) is 17.1 Å². The summed E-state index contributed by atoms with van der Waals surface area (Å²) in [7, 11) is 1.62. The Morgan fingerprint density at radius 2 is 1.41 bits per heavy atom. The zero-order chi connectivity index (χ0) is 16.6. The second kappa shape index (κ2) is 5.63. The van der Waals surface area contributed by atoms with Crippen LogP contribution in [0.2, 0.25) is 0 Å². The van der Waals surface area contributed by atoms with Crippen molar-refractivity contribution in [3.8, 4) is 0 Å². The zero-order valence-corrected chi connectivity index (χ0v) is 12.4. The minimum absolute atomic E-state index is 0.0166. The summed E-state index contributed by atoms with van der Waals surface area (Å²) >= 11 is 0. The molecule has 1 heterocycles. The van der Waals surface area contributed by atoms with E-state index in [4.69, 9.17) is 0 Å². The van der Waals surface area contributed by atoms with E-state index in [1.807, 2.05) is 0 Å². The van der Waals surface area contributed by atoms with Crippen LogP contribution in [0.5, 0.6) is 0 Å². The molecule has 0 amide bonds. The smallest absolute Gasteiger partial charge is 0.334 e. The highest BCUT2D eigenvalue weighted by Gasteiger charge is 2.38. The van der Waals surface area contributed by atoms with Gasteiger partial charge in [0.25, 0.3) is 0 Å². The molecule has 0 spiro atoms. The number of allylic oxidation sites excluding steroid dienone is 2. The van der Waals surface area contributed by atoms with Crippen LogP contribution in [-0.2, 0) is 9.59 Å². The van der Waals surface area contributed by atoms with Gasteiger partial charge in [-0.25, -0.2) is 14.0 Å². The topological polar surface area (TPSA) is 77.8 Å². The molecule has 0 radical (unpaired) electrons. The Labute approximate surface area is 127 Å². The number of carboxylic acids is 2. The fourth-order valence-corrected chi connectivity index (χ4v) is 2.72. The molecule has 2 N–H and O–H groups in total. The van der Waals surface area contributed by atoms with Crippen LogP contribution in [0.25, 0.3) is 0 Å². The molecule has 0 unspecified atom stereocenters. The summed E-state index contributed by atoms with van der Waals surface area (Å²) in [5, 5.41) is 19.0. The van der Waals surface area contributed by atoms with Gasteiger partial charge in [0.2, 0.25) is 0 Å². The lowest BCUT2D eigenvalue weighted by Gasteiger charge is -2.34. The maximum Gasteiger partial charge on any atom is 0.334 e. The van der Waals surface area contributed by atoms with Crippen LogP contribution in [0.1, 0.15) is 25.3 Å². The van der Waals surface area contributed by atoms with Gasteiger partial charge in [-0.05, 0) is 31.5 Å². The average Bonchev–Trinajstić information content (AvgIpc) is 2.44. The molecule has 0 aromatic heterocycles. The highest BCUT2D eigenvalue weighted by molar-refractivity contribution is 5.98. The van der Waals surface area contributed by atoms with Crippen molar-refractivity contribution in [1.82, 2.24) is 4.90 Å². The van der Waals surface area contributed by atoms with E-state index < -0.39 is 23.7 Å². The van der Waals surface area contributed by atoms with Gasteiger partial charge in [0.15, 0.2) is 0 Å². The van der Waals surface area contributed by atoms with E-state index in [-0.39, 0.29) is 11.1 Å². The number of aliphatic carboxylic acids is 2. The molecule has 2 rings (SSSR count). The van der Waals surface area contributed by atoms with Gasteiger partial charge in [-0.3, -0.25) is 0 Å². The zero-order valence-electron chi connectivity index (χ0n) is 12.4. The first-order valence-electron chi connectivity index (χ1n) is 6.63. The van der Waals surface area contributed by atoms with Crippen molar-refractivity contribution in [3.05, 3.63) is 58.2 Å². The van der Waals surface area contributed by atoms with Crippen molar-refractivity contribution >= 4 is 11.9 Å². The highest BCUT2D eigenvalue weighted by atomic mass is 19.1. The van der Waals surface area contributed by atoms with Gasteiger partial charge >= 0.3 is 11.9 Å². The third kappa shape index (κ3) is 2.47. The first-order chi connectivity index (χ1) is 10.3. The normalized spacial score (nSPS) is 16.3. The molecule has 116 valence electrons. The summed E-state index contributed by atoms with van der Waals surface area (Å²) in [6.07, 6.45) is 0. The predicted molar refractivity (Wildman–Crippen MR) is 77.6 cm³/mol. The molecule has 0 saturated heterocycles. The molecule has 0 bridgehead atoms. The third-order valence-corrected chi connectivity index (χ3v) is 4.03. The van der Waals surface area contributed by atoms with Crippen LogP contribution in [-0.4, -0.2) is 34.1 Å². The third-order valence-electron chi connectivity index (χ3n) is 4.03. The largest absolute Gasteiger partial charge is 0.478 e. The number of hydrogen-bond acceptors (Lipinski definition) is 3. The van der Waals surface area contributed by atoms with Crippen LogP contribution in [0.4, 0.5) is 4.39 Å². The first-order valence-corrected chi connectivity index (χ1v) is 6.63. The van der Waals surface area contributed by atoms with E-state index in [0.717, 1.165) is 0 Å². The van der Waals surface area contributed by atoms with Crippen LogP contribution >= 0.6 is 0 Å². The van der Waals surface area contributed by atoms with Crippen LogP contribution < -0.4 is 0 Å². The van der Waals surface area contributed by atoms with Crippen molar-refractivity contribution in [3.63, 3.8) is 0 Å². The lowest BCUT2D eigenvalue weighted by atomic mass is 9.80. The summed E-state index contributed by atoms with van der Waals surface area (Å²) < 4.78 is 13.1. The fourth-order valence-electron chi connectivity index (χ4n) is 2.72. The molecule has 1 aliphatic heterocycles. The molecule has 5 nitrogen and oxygen atoms in total. The molecular formula is C16H16FNO4. The van der Waals surface area contributed by atoms with Crippen molar-refractivity contribution in [2.45, 2.75) is 19.8 Å². The summed E-state index contributed by atoms with van der Waals surface area (Å²) in [6, 6.07) is 5.21. The van der Waals surface area contributed by atoms with Gasteiger partial charge in [0, 0.05) is 18.4 Å². The average molecular weight is 305 g/mol. The molecule has 22 heavy (non-hydrogen) atoms. The van der Waals surface area contributed by atoms with Crippen LogP contribution in [0, 0.1) is 5.82 Å². The second-order valence-corrected chi connectivity index (χ2v) is 5.15. The number of benzene rings is 1. The molecule has 1 aromatic rings. The van der Waals surface area contributed by atoms with E-state index in [2.05, 4.69) is 0 Å². The predicted octanol–water partition coefficient (Wildman–Crippen LogP) is 2.57. The number of carboxylic acid groups (broad SMARTS) is 2. The molecule has 0 fully saturated rings. The first kappa shape index (κ1) is 15.8. The Morgan fingerprint density at radius 1 is 1.00 bits per heavy atom. The lowest BCUT2D eigenvalue weighted by molar-refractivity contribution is -0.133. The highest BCUT2D eigenvalue weighted by Crippen LogP contribution is 2.41. The van der Waals surface area contributed by atoms with E-state index in [1.54, 1.807) is 25.8 Å². The second-order valence-electron chi connectivity index (χ2n) is 5.15. The van der Waals surface area contributed by atoms with Gasteiger partial charge in [0.1, 0.15) is 5.82 Å². The Kier molecular flexibility index (Phi) is 4.03. The Morgan fingerprint density at radius 3 is 1.77 bits per heavy atom. The summed E-state index contributed by atoms with van der Waals surface area (Å²) in [6.45, 7) is 3.25. The molecule has 1 aromatic carbocycles. The summed E-state index contributed by atoms with van der Waals surface area (Å²) in [5.74, 6) is -3.78. The Bertz CT molecular complexity index is 665. The van der Waals surface area contributed by atoms with E-state index in [1.165, 1.54) is 24.3 Å². The standard InChI is InChI=1S/C16H16FNO4/c1-8-12(15(19)20)14(10-4-6-11(17)7-5-10)13(16(21)22)9(2)18(8)3/h4-7,14H,1-3H3,(H,19,20)(H,21,22). The number of rotatable bonds is 3. The van der Waals surface area contributed by atoms with Gasteiger partial charge in [-0.2, -0.15) is 0 Å². The van der Waals surface area contributed by atoms with Gasteiger partial charge in [-0.15, -0.1) is 0 Å². The van der Waals surface area contributed by atoms with Crippen LogP contribution in [0.3, 0.4) is 0 Å². The minimum Gasteiger partial charge on any atom is -0.478 e. The number of hydrogen-bond donors (Lipinski definition) is 2. The molecule has 0 atom stereocenters. The van der Waals surface area contributed by atoms with Crippen molar-refractivity contribution in [2.24, 2.45) is 0 Å². The number of carbonyl (C=O) groups is 2. The van der Waals surface area contributed by atoms with E-state index in [9.17, 15) is 24.2 Å². The van der Waals surface area contributed by atoms with Gasteiger partial charge in [-0.1, -0.05) is 12.1 Å². The molecule has 1 aliphatic rings. The molecule has 0 saturated carbocycles. The van der Waals surface area contributed by atoms with Crippen molar-refractivity contribution in [1.29, 1.82) is 0 Å². The summed E-state index contributed by atoms with van der Waals surface area (Å²) in [5.41, 5.74) is 1.32. The van der Waals surface area contributed by atoms with Crippen molar-refractivity contribution in [2.75, 3.05) is 7.05 Å². The maximum absolute atomic E-state index is 13.1. The quantitative estimate of drug-likeness (QED) is 0.897. The maximum atomic E-state index is 13.1. The van der Waals surface area contributed by atoms with Crippen LogP contribution in [0.15, 0.2) is 46.8 Å². The number of nitrogens with zero attached hydrogens (tertiary/aromatic N) is 1.